The average Bonchev–Trinajstić information content (AvgIpc) is 2.51. The van der Waals surface area contributed by atoms with Gasteiger partial charge in [0, 0.05) is 11.8 Å². The first-order chi connectivity index (χ1) is 11.0. The molecule has 0 saturated carbocycles. The Labute approximate surface area is 133 Å². The first-order valence-corrected chi connectivity index (χ1v) is 7.38. The zero-order chi connectivity index (χ0) is 16.6. The first-order valence-electron chi connectivity index (χ1n) is 7.38. The van der Waals surface area contributed by atoms with Gasteiger partial charge in [-0.2, -0.15) is 0 Å². The van der Waals surface area contributed by atoms with E-state index in [0.717, 1.165) is 16.7 Å². The topological polar surface area (TPSA) is 59.3 Å². The van der Waals surface area contributed by atoms with Crippen molar-refractivity contribution in [1.29, 1.82) is 0 Å². The first kappa shape index (κ1) is 15.0. The molecule has 0 atom stereocenters. The van der Waals surface area contributed by atoms with Gasteiger partial charge in [0.05, 0.1) is 5.39 Å². The highest BCUT2D eigenvalue weighted by molar-refractivity contribution is 6.03. The number of rotatable bonds is 2. The summed E-state index contributed by atoms with van der Waals surface area (Å²) in [5.41, 5.74) is 3.82. The zero-order valence-electron chi connectivity index (χ0n) is 13.3. The van der Waals surface area contributed by atoms with Crippen LogP contribution in [0.25, 0.3) is 11.0 Å². The van der Waals surface area contributed by atoms with E-state index in [1.807, 2.05) is 45.0 Å². The van der Waals surface area contributed by atoms with E-state index >= 15 is 0 Å². The third-order valence-corrected chi connectivity index (χ3v) is 3.92. The molecule has 0 fully saturated rings. The monoisotopic (exact) mass is 307 g/mol. The second-order valence-electron chi connectivity index (χ2n) is 5.68. The van der Waals surface area contributed by atoms with Crippen LogP contribution in [0.4, 0.5) is 5.69 Å². The van der Waals surface area contributed by atoms with Crippen LogP contribution in [0, 0.1) is 20.8 Å². The van der Waals surface area contributed by atoms with E-state index in [0.29, 0.717) is 16.7 Å². The molecule has 0 radical (unpaired) electrons. The normalized spacial score (nSPS) is 10.7. The molecule has 0 aliphatic rings. The highest BCUT2D eigenvalue weighted by Gasteiger charge is 2.14. The summed E-state index contributed by atoms with van der Waals surface area (Å²) in [7, 11) is 0. The van der Waals surface area contributed by atoms with Gasteiger partial charge in [0.15, 0.2) is 11.2 Å². The fourth-order valence-corrected chi connectivity index (χ4v) is 2.48. The van der Waals surface area contributed by atoms with Gasteiger partial charge in [-0.05, 0) is 55.7 Å². The molecule has 0 aliphatic carbocycles. The average molecular weight is 307 g/mol. The molecule has 4 heteroatoms. The molecule has 3 rings (SSSR count). The number of carbonyl (C=O) groups excluding carboxylic acids is 1. The molecule has 1 N–H and O–H groups in total. The minimum Gasteiger partial charge on any atom is -0.450 e. The van der Waals surface area contributed by atoms with Crippen molar-refractivity contribution in [3.05, 3.63) is 75.1 Å². The fraction of sp³-hybridized carbons (Fsp3) is 0.158. The van der Waals surface area contributed by atoms with Crippen LogP contribution in [0.15, 0.2) is 51.7 Å². The van der Waals surface area contributed by atoms with Crippen molar-refractivity contribution in [1.82, 2.24) is 0 Å². The molecule has 23 heavy (non-hydrogen) atoms. The van der Waals surface area contributed by atoms with Gasteiger partial charge in [0.25, 0.3) is 5.91 Å². The third-order valence-electron chi connectivity index (χ3n) is 3.92. The Hall–Kier alpha value is -2.88. The van der Waals surface area contributed by atoms with Crippen molar-refractivity contribution in [2.75, 3.05) is 5.32 Å². The number of hydrogen-bond donors (Lipinski definition) is 1. The standard InChI is InChI=1S/C19H17NO3/c1-11-5-4-6-14(9-11)20-19(22)17-10-16(21)15-8-7-12(2)13(3)18(15)23-17/h4-10H,1-3H3,(H,20,22). The van der Waals surface area contributed by atoms with Crippen LogP contribution >= 0.6 is 0 Å². The van der Waals surface area contributed by atoms with Gasteiger partial charge in [-0.15, -0.1) is 0 Å². The Kier molecular flexibility index (Phi) is 3.74. The van der Waals surface area contributed by atoms with Crippen molar-refractivity contribution in [2.45, 2.75) is 20.8 Å². The van der Waals surface area contributed by atoms with Crippen LogP contribution in [-0.2, 0) is 0 Å². The maximum atomic E-state index is 12.4. The number of amides is 1. The molecule has 1 amide bonds. The number of fused-ring (bicyclic) bond motifs is 1. The van der Waals surface area contributed by atoms with Crippen LogP contribution in [0.2, 0.25) is 0 Å². The third kappa shape index (κ3) is 2.88. The van der Waals surface area contributed by atoms with E-state index in [4.69, 9.17) is 4.42 Å². The lowest BCUT2D eigenvalue weighted by Crippen LogP contribution is -2.15. The maximum absolute atomic E-state index is 12.4. The van der Waals surface area contributed by atoms with Crippen LogP contribution < -0.4 is 10.7 Å². The molecule has 1 heterocycles. The summed E-state index contributed by atoms with van der Waals surface area (Å²) >= 11 is 0. The summed E-state index contributed by atoms with van der Waals surface area (Å²) < 4.78 is 5.71. The quantitative estimate of drug-likeness (QED) is 0.779. The molecule has 0 saturated heterocycles. The molecule has 2 aromatic carbocycles. The van der Waals surface area contributed by atoms with E-state index in [1.165, 1.54) is 6.07 Å². The van der Waals surface area contributed by atoms with Crippen molar-refractivity contribution < 1.29 is 9.21 Å². The van der Waals surface area contributed by atoms with Gasteiger partial charge in [0.1, 0.15) is 5.58 Å². The van der Waals surface area contributed by atoms with Crippen LogP contribution in [0.1, 0.15) is 27.2 Å². The lowest BCUT2D eigenvalue weighted by atomic mass is 10.1. The minimum absolute atomic E-state index is 0.0118. The van der Waals surface area contributed by atoms with E-state index in [-0.39, 0.29) is 11.2 Å². The van der Waals surface area contributed by atoms with E-state index in [2.05, 4.69) is 5.32 Å². The SMILES string of the molecule is Cc1cccc(NC(=O)c2cc(=O)c3ccc(C)c(C)c3o2)c1. The number of carbonyl (C=O) groups is 1. The van der Waals surface area contributed by atoms with Crippen LogP contribution in [-0.4, -0.2) is 5.91 Å². The van der Waals surface area contributed by atoms with Gasteiger partial charge in [-0.1, -0.05) is 18.2 Å². The van der Waals surface area contributed by atoms with Crippen molar-refractivity contribution in [2.24, 2.45) is 0 Å². The summed E-state index contributed by atoms with van der Waals surface area (Å²) in [6.07, 6.45) is 0. The second kappa shape index (κ2) is 5.72. The van der Waals surface area contributed by atoms with Crippen LogP contribution in [0.3, 0.4) is 0 Å². The predicted molar refractivity (Wildman–Crippen MR) is 91.1 cm³/mol. The van der Waals surface area contributed by atoms with Crippen molar-refractivity contribution >= 4 is 22.6 Å². The zero-order valence-corrected chi connectivity index (χ0v) is 13.3. The Morgan fingerprint density at radius 1 is 1.04 bits per heavy atom. The molecule has 3 aromatic rings. The molecule has 0 aliphatic heterocycles. The lowest BCUT2D eigenvalue weighted by Gasteiger charge is -2.08. The molecule has 0 unspecified atom stereocenters. The number of benzene rings is 2. The van der Waals surface area contributed by atoms with E-state index in [1.54, 1.807) is 12.1 Å². The van der Waals surface area contributed by atoms with Crippen molar-refractivity contribution in [3.63, 3.8) is 0 Å². The highest BCUT2D eigenvalue weighted by atomic mass is 16.3. The fourth-order valence-electron chi connectivity index (χ4n) is 2.48. The minimum atomic E-state index is -0.435. The van der Waals surface area contributed by atoms with E-state index < -0.39 is 5.91 Å². The summed E-state index contributed by atoms with van der Waals surface area (Å²) in [6, 6.07) is 12.3. The summed E-state index contributed by atoms with van der Waals surface area (Å²) in [5, 5.41) is 3.24. The smallest absolute Gasteiger partial charge is 0.291 e. The van der Waals surface area contributed by atoms with Gasteiger partial charge in [-0.25, -0.2) is 0 Å². The summed E-state index contributed by atoms with van der Waals surface area (Å²) in [5.74, 6) is -0.423. The molecule has 116 valence electrons. The molecule has 1 aromatic heterocycles. The Bertz CT molecular complexity index is 970. The largest absolute Gasteiger partial charge is 0.450 e. The number of anilines is 1. The van der Waals surface area contributed by atoms with Gasteiger partial charge >= 0.3 is 0 Å². The second-order valence-corrected chi connectivity index (χ2v) is 5.68. The number of aryl methyl sites for hydroxylation is 3. The predicted octanol–water partition coefficient (Wildman–Crippen LogP) is 3.97. The van der Waals surface area contributed by atoms with Gasteiger partial charge in [-0.3, -0.25) is 9.59 Å². The van der Waals surface area contributed by atoms with Crippen molar-refractivity contribution in [3.8, 4) is 0 Å². The van der Waals surface area contributed by atoms with Gasteiger partial charge < -0.3 is 9.73 Å². The molecule has 4 nitrogen and oxygen atoms in total. The van der Waals surface area contributed by atoms with Gasteiger partial charge in [0.2, 0.25) is 0 Å². The number of hydrogen-bond acceptors (Lipinski definition) is 3. The Morgan fingerprint density at radius 3 is 2.57 bits per heavy atom. The Morgan fingerprint density at radius 2 is 1.83 bits per heavy atom. The number of nitrogens with one attached hydrogen (secondary N) is 1. The Balaban J connectivity index is 2.04. The summed E-state index contributed by atoms with van der Waals surface area (Å²) in [6.45, 7) is 5.76. The molecule has 0 spiro atoms. The lowest BCUT2D eigenvalue weighted by molar-refractivity contribution is 0.0997. The molecule has 0 bridgehead atoms. The highest BCUT2D eigenvalue weighted by Crippen LogP contribution is 2.21. The maximum Gasteiger partial charge on any atom is 0.291 e. The summed E-state index contributed by atoms with van der Waals surface area (Å²) in [4.78, 5) is 24.6. The molecular formula is C19H17NO3. The molecular weight excluding hydrogens is 290 g/mol. The van der Waals surface area contributed by atoms with E-state index in [9.17, 15) is 9.59 Å². The van der Waals surface area contributed by atoms with Crippen LogP contribution in [0.5, 0.6) is 0 Å².